The Kier molecular flexibility index (Phi) is 59.2. The largest absolute Gasteiger partial charge is 0.462 e. The van der Waals surface area contributed by atoms with Crippen LogP contribution in [0, 0.1) is 0 Å². The summed E-state index contributed by atoms with van der Waals surface area (Å²) in [5, 5.41) is 0. The summed E-state index contributed by atoms with van der Waals surface area (Å²) in [5.74, 6) is -0.935. The first-order chi connectivity index (χ1) is 36.0. The molecule has 0 radical (unpaired) electrons. The van der Waals surface area contributed by atoms with E-state index in [1.807, 2.05) is 0 Å². The van der Waals surface area contributed by atoms with Crippen LogP contribution in [0.4, 0.5) is 0 Å². The van der Waals surface area contributed by atoms with Crippen LogP contribution in [-0.4, -0.2) is 37.2 Å². The second-order valence-corrected chi connectivity index (χ2v) is 21.3. The number of hydrogen-bond donors (Lipinski definition) is 0. The molecule has 0 N–H and O–H groups in total. The zero-order valence-corrected chi connectivity index (χ0v) is 48.7. The molecule has 6 heteroatoms. The normalized spacial score (nSPS) is 12.4. The SMILES string of the molecule is CCCCC/C=C\C/C=C\CCCCCCCCCC(=O)O[C@H](COC(=O)CCC/C=C\C/C=C\C/C=C\CCCCCCCC)COC(=O)CCCCCCCCCCCCCCCCCCCCCCC. The summed E-state index contributed by atoms with van der Waals surface area (Å²) in [4.78, 5) is 38.3. The topological polar surface area (TPSA) is 78.9 Å². The summed E-state index contributed by atoms with van der Waals surface area (Å²) in [6, 6.07) is 0. The predicted octanol–water partition coefficient (Wildman–Crippen LogP) is 21.6. The maximum absolute atomic E-state index is 12.9. The molecule has 0 aliphatic rings. The number of ether oxygens (including phenoxy) is 3. The highest BCUT2D eigenvalue weighted by atomic mass is 16.6. The molecule has 0 saturated carbocycles. The molecule has 73 heavy (non-hydrogen) atoms. The zero-order valence-electron chi connectivity index (χ0n) is 48.7. The van der Waals surface area contributed by atoms with Gasteiger partial charge in [0.15, 0.2) is 6.10 Å². The molecule has 0 saturated heterocycles. The van der Waals surface area contributed by atoms with Crippen LogP contribution < -0.4 is 0 Å². The van der Waals surface area contributed by atoms with E-state index in [0.717, 1.165) is 70.6 Å². The third kappa shape index (κ3) is 59.9. The van der Waals surface area contributed by atoms with Gasteiger partial charge in [-0.05, 0) is 83.5 Å². The van der Waals surface area contributed by atoms with Crippen molar-refractivity contribution in [1.82, 2.24) is 0 Å². The summed E-state index contributed by atoms with van der Waals surface area (Å²) in [7, 11) is 0. The number of esters is 3. The molecule has 0 fully saturated rings. The highest BCUT2D eigenvalue weighted by Crippen LogP contribution is 2.17. The maximum Gasteiger partial charge on any atom is 0.306 e. The molecule has 0 amide bonds. The molecule has 424 valence electrons. The van der Waals surface area contributed by atoms with Gasteiger partial charge in [-0.15, -0.1) is 0 Å². The quantitative estimate of drug-likeness (QED) is 0.0261. The monoisotopic (exact) mass is 1020 g/mol. The van der Waals surface area contributed by atoms with Gasteiger partial charge in [0.05, 0.1) is 0 Å². The van der Waals surface area contributed by atoms with E-state index in [9.17, 15) is 14.4 Å². The van der Waals surface area contributed by atoms with Gasteiger partial charge in [0.2, 0.25) is 0 Å². The third-order valence-electron chi connectivity index (χ3n) is 14.0. The van der Waals surface area contributed by atoms with Crippen molar-refractivity contribution in [3.63, 3.8) is 0 Å². The number of carbonyl (C=O) groups excluding carboxylic acids is 3. The van der Waals surface area contributed by atoms with Gasteiger partial charge in [0, 0.05) is 19.3 Å². The van der Waals surface area contributed by atoms with Gasteiger partial charge in [-0.25, -0.2) is 0 Å². The van der Waals surface area contributed by atoms with Crippen molar-refractivity contribution in [3.05, 3.63) is 60.8 Å². The Morgan fingerprint density at radius 3 is 0.849 bits per heavy atom. The van der Waals surface area contributed by atoms with Crippen molar-refractivity contribution in [2.24, 2.45) is 0 Å². The Morgan fingerprint density at radius 2 is 0.507 bits per heavy atom. The van der Waals surface area contributed by atoms with Crippen LogP contribution in [0.1, 0.15) is 329 Å². The lowest BCUT2D eigenvalue weighted by atomic mass is 10.0. The summed E-state index contributed by atoms with van der Waals surface area (Å²) in [6.07, 6.45) is 78.0. The van der Waals surface area contributed by atoms with Gasteiger partial charge >= 0.3 is 17.9 Å². The van der Waals surface area contributed by atoms with Crippen molar-refractivity contribution in [2.45, 2.75) is 335 Å². The van der Waals surface area contributed by atoms with E-state index in [1.54, 1.807) is 0 Å². The second-order valence-electron chi connectivity index (χ2n) is 21.3. The average Bonchev–Trinajstić information content (AvgIpc) is 3.39. The first-order valence-electron chi connectivity index (χ1n) is 31.8. The van der Waals surface area contributed by atoms with Crippen molar-refractivity contribution < 1.29 is 28.6 Å². The van der Waals surface area contributed by atoms with Gasteiger partial charge in [-0.1, -0.05) is 287 Å². The van der Waals surface area contributed by atoms with Gasteiger partial charge < -0.3 is 14.2 Å². The average molecular weight is 1020 g/mol. The highest BCUT2D eigenvalue weighted by Gasteiger charge is 2.19. The van der Waals surface area contributed by atoms with Gasteiger partial charge in [-0.3, -0.25) is 14.4 Å². The molecule has 6 nitrogen and oxygen atoms in total. The third-order valence-corrected chi connectivity index (χ3v) is 14.0. The molecule has 0 aliphatic heterocycles. The molecule has 0 aromatic rings. The molecule has 0 heterocycles. The molecule has 0 bridgehead atoms. The predicted molar refractivity (Wildman–Crippen MR) is 316 cm³/mol. The Hall–Kier alpha value is -2.89. The Labute approximate surface area is 453 Å². The Bertz CT molecular complexity index is 1310. The van der Waals surface area contributed by atoms with Gasteiger partial charge in [0.1, 0.15) is 13.2 Å². The Balaban J connectivity index is 4.40. The lowest BCUT2D eigenvalue weighted by Crippen LogP contribution is -2.30. The molecule has 1 atom stereocenters. The summed E-state index contributed by atoms with van der Waals surface area (Å²) in [5.41, 5.74) is 0. The van der Waals surface area contributed by atoms with E-state index in [0.29, 0.717) is 19.3 Å². The van der Waals surface area contributed by atoms with E-state index in [-0.39, 0.29) is 37.5 Å². The van der Waals surface area contributed by atoms with Crippen LogP contribution in [0.5, 0.6) is 0 Å². The van der Waals surface area contributed by atoms with E-state index in [2.05, 4.69) is 81.5 Å². The summed E-state index contributed by atoms with van der Waals surface area (Å²) < 4.78 is 16.9. The van der Waals surface area contributed by atoms with Crippen molar-refractivity contribution in [1.29, 1.82) is 0 Å². The van der Waals surface area contributed by atoms with Crippen LogP contribution in [0.25, 0.3) is 0 Å². The molecular weight excluding hydrogens is 901 g/mol. The van der Waals surface area contributed by atoms with Crippen LogP contribution >= 0.6 is 0 Å². The lowest BCUT2D eigenvalue weighted by molar-refractivity contribution is -0.167. The van der Waals surface area contributed by atoms with E-state index < -0.39 is 6.10 Å². The molecule has 0 aromatic heterocycles. The van der Waals surface area contributed by atoms with E-state index in [1.165, 1.54) is 212 Å². The van der Waals surface area contributed by atoms with Crippen LogP contribution in [-0.2, 0) is 28.6 Å². The number of carbonyl (C=O) groups is 3. The van der Waals surface area contributed by atoms with Crippen molar-refractivity contribution >= 4 is 17.9 Å². The molecule has 0 unspecified atom stereocenters. The molecule has 0 aromatic carbocycles. The number of hydrogen-bond acceptors (Lipinski definition) is 6. The molecular formula is C67H120O6. The van der Waals surface area contributed by atoms with Crippen LogP contribution in [0.3, 0.4) is 0 Å². The van der Waals surface area contributed by atoms with Gasteiger partial charge in [-0.2, -0.15) is 0 Å². The summed E-state index contributed by atoms with van der Waals surface area (Å²) in [6.45, 7) is 6.61. The molecule has 0 spiro atoms. The minimum Gasteiger partial charge on any atom is -0.462 e. The van der Waals surface area contributed by atoms with E-state index in [4.69, 9.17) is 14.2 Å². The first kappa shape index (κ1) is 70.1. The van der Waals surface area contributed by atoms with Crippen molar-refractivity contribution in [2.75, 3.05) is 13.2 Å². The second kappa shape index (κ2) is 61.7. The fourth-order valence-corrected chi connectivity index (χ4v) is 9.20. The maximum atomic E-state index is 12.9. The van der Waals surface area contributed by atoms with Crippen molar-refractivity contribution in [3.8, 4) is 0 Å². The standard InChI is InChI=1S/C67H120O6/c1-4-7-10-13-16-19-22-25-28-31-32-33-34-37-39-42-45-48-51-54-57-60-66(69)72-63-64(73-67(70)61-58-55-52-49-46-43-40-36-30-27-24-21-18-15-12-9-6-3)62-71-65(68)59-56-53-50-47-44-41-38-35-29-26-23-20-17-14-11-8-5-2/h18,21,26-27,29-30,38,41,47,50,64H,4-17,19-20,22-25,28,31-37,39-40,42-46,48-49,51-63H2,1-3H3/b21-18-,29-26-,30-27-,41-38-,50-47-/t64-/m1/s1. The number of rotatable bonds is 58. The molecule has 0 rings (SSSR count). The number of allylic oxidation sites excluding steroid dienone is 10. The number of unbranched alkanes of at least 4 members (excludes halogenated alkanes) is 37. The first-order valence-corrected chi connectivity index (χ1v) is 31.8. The smallest absolute Gasteiger partial charge is 0.306 e. The van der Waals surface area contributed by atoms with Gasteiger partial charge in [0.25, 0.3) is 0 Å². The lowest BCUT2D eigenvalue weighted by Gasteiger charge is -2.18. The minimum atomic E-state index is -0.798. The molecule has 0 aliphatic carbocycles. The highest BCUT2D eigenvalue weighted by molar-refractivity contribution is 5.71. The van der Waals surface area contributed by atoms with Crippen LogP contribution in [0.2, 0.25) is 0 Å². The summed E-state index contributed by atoms with van der Waals surface area (Å²) >= 11 is 0. The zero-order chi connectivity index (χ0) is 52.9. The fraction of sp³-hybridized carbons (Fsp3) is 0.806. The fourth-order valence-electron chi connectivity index (χ4n) is 9.20. The van der Waals surface area contributed by atoms with Crippen LogP contribution in [0.15, 0.2) is 60.8 Å². The van der Waals surface area contributed by atoms with E-state index >= 15 is 0 Å². The Morgan fingerprint density at radius 1 is 0.274 bits per heavy atom. The minimum absolute atomic E-state index is 0.0901.